The van der Waals surface area contributed by atoms with Gasteiger partial charge in [0, 0.05) is 19.1 Å². The molecule has 0 aromatic heterocycles. The second-order valence-corrected chi connectivity index (χ2v) is 3.94. The number of hydrogen-bond donors (Lipinski definition) is 2. The molecule has 87 valence electrons. The normalized spacial score (nSPS) is 21.2. The summed E-state index contributed by atoms with van der Waals surface area (Å²) in [5.74, 6) is -1.88. The van der Waals surface area contributed by atoms with Crippen LogP contribution in [0.5, 0.6) is 0 Å². The fraction of sp³-hybridized carbons (Fsp3) is 0.364. The summed E-state index contributed by atoms with van der Waals surface area (Å²) in [5, 5.41) is 0. The molecule has 1 atom stereocenters. The minimum atomic E-state index is -0.986. The number of halogens is 2. The van der Waals surface area contributed by atoms with E-state index >= 15 is 0 Å². The number of rotatable bonds is 1. The molecule has 1 aliphatic heterocycles. The van der Waals surface area contributed by atoms with Crippen molar-refractivity contribution >= 4 is 11.4 Å². The molecule has 0 aliphatic carbocycles. The van der Waals surface area contributed by atoms with Crippen molar-refractivity contribution in [3.63, 3.8) is 0 Å². The lowest BCUT2D eigenvalue weighted by molar-refractivity contribution is 0.503. The molecular formula is C11H14F2N3. The standard InChI is InChI=1S/C11H14F2N3/c12-10-8(15)3-4-9(11(10)13)16-5-1-2-7(14)6-16/h2-4,7H,1,5-6,14-15H2. The first-order valence-corrected chi connectivity index (χ1v) is 5.17. The molecular weight excluding hydrogens is 212 g/mol. The topological polar surface area (TPSA) is 55.3 Å². The van der Waals surface area contributed by atoms with E-state index in [9.17, 15) is 8.78 Å². The first-order chi connectivity index (χ1) is 7.59. The number of piperidine rings is 1. The highest BCUT2D eigenvalue weighted by atomic mass is 19.2. The number of anilines is 2. The minimum Gasteiger partial charge on any atom is -0.396 e. The van der Waals surface area contributed by atoms with Crippen LogP contribution in [0.25, 0.3) is 0 Å². The summed E-state index contributed by atoms with van der Waals surface area (Å²) in [5.41, 5.74) is 11.1. The Bertz CT molecular complexity index is 395. The maximum Gasteiger partial charge on any atom is 0.184 e. The van der Waals surface area contributed by atoms with Gasteiger partial charge in [-0.2, -0.15) is 0 Å². The third-order valence-corrected chi connectivity index (χ3v) is 2.73. The van der Waals surface area contributed by atoms with Crippen molar-refractivity contribution in [3.05, 3.63) is 30.2 Å². The summed E-state index contributed by atoms with van der Waals surface area (Å²) in [4.78, 5) is 1.74. The van der Waals surface area contributed by atoms with E-state index in [1.807, 2.05) is 6.42 Å². The van der Waals surface area contributed by atoms with Crippen LogP contribution >= 0.6 is 0 Å². The first-order valence-electron chi connectivity index (χ1n) is 5.17. The lowest BCUT2D eigenvalue weighted by atomic mass is 10.1. The molecule has 0 amide bonds. The summed E-state index contributed by atoms with van der Waals surface area (Å²) in [6.45, 7) is 1.15. The van der Waals surface area contributed by atoms with Crippen molar-refractivity contribution in [2.24, 2.45) is 5.73 Å². The maximum atomic E-state index is 13.6. The van der Waals surface area contributed by atoms with Gasteiger partial charge < -0.3 is 16.4 Å². The van der Waals surface area contributed by atoms with E-state index in [4.69, 9.17) is 11.5 Å². The predicted molar refractivity (Wildman–Crippen MR) is 59.9 cm³/mol. The van der Waals surface area contributed by atoms with Gasteiger partial charge in [0.05, 0.1) is 11.4 Å². The Hall–Kier alpha value is -1.36. The molecule has 3 nitrogen and oxygen atoms in total. The van der Waals surface area contributed by atoms with Crippen LogP contribution in [-0.2, 0) is 0 Å². The lowest BCUT2D eigenvalue weighted by Gasteiger charge is -2.32. The highest BCUT2D eigenvalue weighted by molar-refractivity contribution is 5.56. The number of nitrogen functional groups attached to an aromatic ring is 1. The molecule has 1 heterocycles. The van der Waals surface area contributed by atoms with Crippen LogP contribution in [-0.4, -0.2) is 19.1 Å². The second kappa shape index (κ2) is 4.25. The molecule has 1 unspecified atom stereocenters. The monoisotopic (exact) mass is 226 g/mol. The van der Waals surface area contributed by atoms with E-state index in [0.717, 1.165) is 6.42 Å². The van der Waals surface area contributed by atoms with E-state index in [0.29, 0.717) is 13.1 Å². The SMILES string of the molecule is Nc1ccc(N2CC[CH]C(N)C2)c(F)c1F. The van der Waals surface area contributed by atoms with E-state index < -0.39 is 11.6 Å². The molecule has 1 saturated heterocycles. The molecule has 1 fully saturated rings. The Morgan fingerprint density at radius 2 is 2.00 bits per heavy atom. The molecule has 4 N–H and O–H groups in total. The third-order valence-electron chi connectivity index (χ3n) is 2.73. The highest BCUT2D eigenvalue weighted by Gasteiger charge is 2.22. The van der Waals surface area contributed by atoms with Gasteiger partial charge in [0.2, 0.25) is 0 Å². The average molecular weight is 226 g/mol. The van der Waals surface area contributed by atoms with Gasteiger partial charge in [0.15, 0.2) is 11.6 Å². The largest absolute Gasteiger partial charge is 0.396 e. The highest BCUT2D eigenvalue weighted by Crippen LogP contribution is 2.27. The Labute approximate surface area is 93.0 Å². The average Bonchev–Trinajstić information content (AvgIpc) is 2.26. The summed E-state index contributed by atoms with van der Waals surface area (Å²) in [6, 6.07) is 2.76. The Morgan fingerprint density at radius 3 is 2.69 bits per heavy atom. The van der Waals surface area contributed by atoms with Crippen molar-refractivity contribution in [3.8, 4) is 0 Å². The molecule has 1 radical (unpaired) electrons. The molecule has 5 heteroatoms. The van der Waals surface area contributed by atoms with E-state index in [1.165, 1.54) is 12.1 Å². The van der Waals surface area contributed by atoms with Crippen LogP contribution in [0.2, 0.25) is 0 Å². The third kappa shape index (κ3) is 1.95. The smallest absolute Gasteiger partial charge is 0.184 e. The van der Waals surface area contributed by atoms with Gasteiger partial charge in [-0.25, -0.2) is 8.78 Å². The molecule has 16 heavy (non-hydrogen) atoms. The Morgan fingerprint density at radius 1 is 1.25 bits per heavy atom. The minimum absolute atomic E-state index is 0.103. The predicted octanol–water partition coefficient (Wildman–Crippen LogP) is 1.29. The number of benzene rings is 1. The van der Waals surface area contributed by atoms with Crippen LogP contribution in [0.1, 0.15) is 6.42 Å². The Kier molecular flexibility index (Phi) is 2.96. The van der Waals surface area contributed by atoms with Crippen LogP contribution < -0.4 is 16.4 Å². The van der Waals surface area contributed by atoms with Gasteiger partial charge in [-0.15, -0.1) is 0 Å². The van der Waals surface area contributed by atoms with Gasteiger partial charge in [0.1, 0.15) is 0 Å². The summed E-state index contributed by atoms with van der Waals surface area (Å²) in [6.07, 6.45) is 2.74. The Balaban J connectivity index is 2.29. The van der Waals surface area contributed by atoms with Gasteiger partial charge in [-0.3, -0.25) is 0 Å². The van der Waals surface area contributed by atoms with Crippen LogP contribution in [0.15, 0.2) is 12.1 Å². The summed E-state index contributed by atoms with van der Waals surface area (Å²) < 4.78 is 26.9. The second-order valence-electron chi connectivity index (χ2n) is 3.94. The van der Waals surface area contributed by atoms with E-state index in [-0.39, 0.29) is 17.4 Å². The molecule has 1 aliphatic rings. The van der Waals surface area contributed by atoms with Gasteiger partial charge >= 0.3 is 0 Å². The zero-order valence-corrected chi connectivity index (χ0v) is 8.79. The van der Waals surface area contributed by atoms with E-state index in [1.54, 1.807) is 4.90 Å². The fourth-order valence-corrected chi connectivity index (χ4v) is 1.88. The number of nitrogens with zero attached hydrogens (tertiary/aromatic N) is 1. The van der Waals surface area contributed by atoms with Gasteiger partial charge in [-0.1, -0.05) is 0 Å². The fourth-order valence-electron chi connectivity index (χ4n) is 1.88. The lowest BCUT2D eigenvalue weighted by Crippen LogP contribution is -2.43. The summed E-state index contributed by atoms with van der Waals surface area (Å²) in [7, 11) is 0. The maximum absolute atomic E-state index is 13.6. The van der Waals surface area contributed by atoms with Gasteiger partial charge in [0.25, 0.3) is 0 Å². The number of nitrogens with two attached hydrogens (primary N) is 2. The van der Waals surface area contributed by atoms with Crippen molar-refractivity contribution in [1.82, 2.24) is 0 Å². The summed E-state index contributed by atoms with van der Waals surface area (Å²) >= 11 is 0. The molecule has 1 aromatic carbocycles. The van der Waals surface area contributed by atoms with Crippen LogP contribution in [0, 0.1) is 18.1 Å². The van der Waals surface area contributed by atoms with Crippen molar-refractivity contribution < 1.29 is 8.78 Å². The molecule has 1 aromatic rings. The van der Waals surface area contributed by atoms with Crippen molar-refractivity contribution in [2.45, 2.75) is 12.5 Å². The van der Waals surface area contributed by atoms with Crippen molar-refractivity contribution in [1.29, 1.82) is 0 Å². The van der Waals surface area contributed by atoms with Crippen LogP contribution in [0.3, 0.4) is 0 Å². The van der Waals surface area contributed by atoms with Crippen molar-refractivity contribution in [2.75, 3.05) is 23.7 Å². The molecule has 0 bridgehead atoms. The molecule has 0 saturated carbocycles. The quantitative estimate of drug-likeness (QED) is 0.709. The molecule has 0 spiro atoms. The number of hydrogen-bond acceptors (Lipinski definition) is 3. The molecule has 2 rings (SSSR count). The van der Waals surface area contributed by atoms with Gasteiger partial charge in [-0.05, 0) is 25.0 Å². The zero-order chi connectivity index (χ0) is 11.7. The zero-order valence-electron chi connectivity index (χ0n) is 8.79. The van der Waals surface area contributed by atoms with E-state index in [2.05, 4.69) is 0 Å². The first kappa shape index (κ1) is 11.1. The van der Waals surface area contributed by atoms with Crippen LogP contribution in [0.4, 0.5) is 20.2 Å².